The molecule has 0 amide bonds. The van der Waals surface area contributed by atoms with Gasteiger partial charge in [-0.1, -0.05) is 17.7 Å². The van der Waals surface area contributed by atoms with Gasteiger partial charge >= 0.3 is 5.97 Å². The third kappa shape index (κ3) is 4.16. The molecule has 1 aliphatic carbocycles. The van der Waals surface area contributed by atoms with E-state index in [-0.39, 0.29) is 23.1 Å². The smallest absolute Gasteiger partial charge is 0.313 e. The fourth-order valence-electron chi connectivity index (χ4n) is 2.65. The molecule has 142 valence electrons. The lowest BCUT2D eigenvalue weighted by molar-refractivity contribution is -0.149. The molecule has 0 bridgehead atoms. The van der Waals surface area contributed by atoms with Crippen LogP contribution in [0.5, 0.6) is 11.5 Å². The summed E-state index contributed by atoms with van der Waals surface area (Å²) in [5.41, 5.74) is 0.363. The number of aromatic hydroxyl groups is 2. The van der Waals surface area contributed by atoms with Crippen LogP contribution in [0.2, 0.25) is 0 Å². The number of hydrogen-bond donors (Lipinski definition) is 2. The summed E-state index contributed by atoms with van der Waals surface area (Å²) in [6, 6.07) is 2.28. The van der Waals surface area contributed by atoms with Crippen LogP contribution in [-0.4, -0.2) is 33.9 Å². The zero-order valence-corrected chi connectivity index (χ0v) is 15.5. The van der Waals surface area contributed by atoms with E-state index in [0.717, 1.165) is 23.8 Å². The van der Waals surface area contributed by atoms with Gasteiger partial charge in [-0.25, -0.2) is 0 Å². The Morgan fingerprint density at radius 2 is 1.78 bits per heavy atom. The van der Waals surface area contributed by atoms with E-state index in [2.05, 4.69) is 6.58 Å². The molecule has 0 saturated carbocycles. The van der Waals surface area contributed by atoms with E-state index in [9.17, 15) is 24.6 Å². The van der Waals surface area contributed by atoms with Crippen LogP contribution in [0.4, 0.5) is 0 Å². The number of carbonyl (C=O) groups is 3. The van der Waals surface area contributed by atoms with Gasteiger partial charge in [0.2, 0.25) is 0 Å². The highest BCUT2D eigenvalue weighted by Gasteiger charge is 2.36. The Labute approximate surface area is 157 Å². The summed E-state index contributed by atoms with van der Waals surface area (Å²) in [6.07, 6.45) is 3.45. The summed E-state index contributed by atoms with van der Waals surface area (Å²) >= 11 is 0. The minimum atomic E-state index is -0.999. The Balaban J connectivity index is 2.49. The van der Waals surface area contributed by atoms with Crippen LogP contribution in [0.1, 0.15) is 47.9 Å². The van der Waals surface area contributed by atoms with Crippen molar-refractivity contribution in [2.45, 2.75) is 33.3 Å². The van der Waals surface area contributed by atoms with Crippen LogP contribution in [-0.2, 0) is 9.53 Å². The number of fused-ring (bicyclic) bond motifs is 1. The summed E-state index contributed by atoms with van der Waals surface area (Å²) in [4.78, 5) is 37.6. The SMILES string of the molecule is C=CC(C)C(=O)O[C@H](CC=C(C)C)C1=CC(=O)c2c(O)ccc(O)c2C1=O. The van der Waals surface area contributed by atoms with Crippen molar-refractivity contribution in [1.82, 2.24) is 0 Å². The highest BCUT2D eigenvalue weighted by molar-refractivity contribution is 6.27. The molecule has 2 rings (SSSR count). The van der Waals surface area contributed by atoms with Gasteiger partial charge in [0.15, 0.2) is 11.6 Å². The van der Waals surface area contributed by atoms with Gasteiger partial charge in [-0.05, 0) is 39.0 Å². The minimum Gasteiger partial charge on any atom is -0.507 e. The zero-order chi connectivity index (χ0) is 20.3. The average Bonchev–Trinajstić information content (AvgIpc) is 2.62. The Morgan fingerprint density at radius 3 is 2.33 bits per heavy atom. The first-order valence-electron chi connectivity index (χ1n) is 8.49. The molecule has 1 aromatic rings. The van der Waals surface area contributed by atoms with Gasteiger partial charge in [0.25, 0.3) is 0 Å². The van der Waals surface area contributed by atoms with Crippen LogP contribution in [0.25, 0.3) is 0 Å². The molecule has 0 aliphatic heterocycles. The normalized spacial score (nSPS) is 15.3. The fourth-order valence-corrected chi connectivity index (χ4v) is 2.65. The second-order valence-corrected chi connectivity index (χ2v) is 6.61. The number of rotatable bonds is 6. The molecule has 0 heterocycles. The molecular formula is C21H22O6. The number of phenolic OH excluding ortho intramolecular Hbond substituents is 2. The molecule has 0 spiro atoms. The molecule has 6 nitrogen and oxygen atoms in total. The molecule has 0 saturated heterocycles. The lowest BCUT2D eigenvalue weighted by Gasteiger charge is -2.24. The van der Waals surface area contributed by atoms with Crippen molar-refractivity contribution in [2.24, 2.45) is 5.92 Å². The summed E-state index contributed by atoms with van der Waals surface area (Å²) in [6.45, 7) is 8.86. The second kappa shape index (κ2) is 8.03. The van der Waals surface area contributed by atoms with Crippen LogP contribution in [0.3, 0.4) is 0 Å². The fraction of sp³-hybridized carbons (Fsp3) is 0.286. The number of esters is 1. The first-order chi connectivity index (χ1) is 12.7. The largest absolute Gasteiger partial charge is 0.507 e. The van der Waals surface area contributed by atoms with Gasteiger partial charge in [0.1, 0.15) is 17.6 Å². The third-order valence-electron chi connectivity index (χ3n) is 4.25. The van der Waals surface area contributed by atoms with Crippen molar-refractivity contribution < 1.29 is 29.3 Å². The molecule has 0 radical (unpaired) electrons. The van der Waals surface area contributed by atoms with Gasteiger partial charge in [-0.2, -0.15) is 0 Å². The Bertz CT molecular complexity index is 871. The zero-order valence-electron chi connectivity index (χ0n) is 15.5. The van der Waals surface area contributed by atoms with Gasteiger partial charge in [0, 0.05) is 12.0 Å². The van der Waals surface area contributed by atoms with Crippen LogP contribution in [0, 0.1) is 5.92 Å². The maximum absolute atomic E-state index is 12.9. The predicted octanol–water partition coefficient (Wildman–Crippen LogP) is 3.49. The van der Waals surface area contributed by atoms with Gasteiger partial charge in [-0.15, -0.1) is 6.58 Å². The maximum atomic E-state index is 12.9. The Hall–Kier alpha value is -3.15. The number of phenols is 2. The highest BCUT2D eigenvalue weighted by atomic mass is 16.5. The summed E-state index contributed by atoms with van der Waals surface area (Å²) in [5.74, 6) is -3.27. The number of carbonyl (C=O) groups excluding carboxylic acids is 3. The summed E-state index contributed by atoms with van der Waals surface area (Å²) in [5, 5.41) is 20.0. The van der Waals surface area contributed by atoms with E-state index >= 15 is 0 Å². The third-order valence-corrected chi connectivity index (χ3v) is 4.25. The van der Waals surface area contributed by atoms with Crippen molar-refractivity contribution in [1.29, 1.82) is 0 Å². The molecule has 1 unspecified atom stereocenters. The van der Waals surface area contributed by atoms with Gasteiger partial charge < -0.3 is 14.9 Å². The van der Waals surface area contributed by atoms with Crippen molar-refractivity contribution in [3.8, 4) is 11.5 Å². The van der Waals surface area contributed by atoms with Crippen molar-refractivity contribution in [3.05, 3.63) is 59.2 Å². The van der Waals surface area contributed by atoms with Gasteiger partial charge in [-0.3, -0.25) is 14.4 Å². The van der Waals surface area contributed by atoms with Crippen molar-refractivity contribution in [2.75, 3.05) is 0 Å². The lowest BCUT2D eigenvalue weighted by atomic mass is 9.85. The highest BCUT2D eigenvalue weighted by Crippen LogP contribution is 2.36. The molecule has 1 aromatic carbocycles. The number of benzene rings is 1. The topological polar surface area (TPSA) is 101 Å². The first kappa shape index (κ1) is 20.2. The molecule has 6 heteroatoms. The molecule has 27 heavy (non-hydrogen) atoms. The summed E-state index contributed by atoms with van der Waals surface area (Å²) in [7, 11) is 0. The molecular weight excluding hydrogens is 348 g/mol. The van der Waals surface area contributed by atoms with E-state index in [1.807, 2.05) is 13.8 Å². The quantitative estimate of drug-likeness (QED) is 0.452. The van der Waals surface area contributed by atoms with Crippen LogP contribution >= 0.6 is 0 Å². The van der Waals surface area contributed by atoms with Crippen molar-refractivity contribution in [3.63, 3.8) is 0 Å². The number of allylic oxidation sites excluding steroid dienone is 2. The number of hydrogen-bond acceptors (Lipinski definition) is 6. The van der Waals surface area contributed by atoms with E-state index < -0.39 is 41.1 Å². The van der Waals surface area contributed by atoms with E-state index in [0.29, 0.717) is 0 Å². The minimum absolute atomic E-state index is 0.0458. The monoisotopic (exact) mass is 370 g/mol. The maximum Gasteiger partial charge on any atom is 0.313 e. The Kier molecular flexibility index (Phi) is 6.00. The summed E-state index contributed by atoms with van der Waals surface area (Å²) < 4.78 is 5.46. The number of Topliss-reactive ketones (excluding diaryl/α,β-unsaturated/α-hetero) is 1. The van der Waals surface area contributed by atoms with E-state index in [1.54, 1.807) is 13.0 Å². The van der Waals surface area contributed by atoms with E-state index in [4.69, 9.17) is 4.74 Å². The van der Waals surface area contributed by atoms with Gasteiger partial charge in [0.05, 0.1) is 17.0 Å². The number of ether oxygens (including phenoxy) is 1. The second-order valence-electron chi connectivity index (χ2n) is 6.61. The molecule has 2 N–H and O–H groups in total. The lowest BCUT2D eigenvalue weighted by Crippen LogP contribution is -2.30. The Morgan fingerprint density at radius 1 is 1.19 bits per heavy atom. The standard InChI is InChI=1S/C21H22O6/c1-5-12(4)21(26)27-17(9-6-11(2)3)13-10-16(24)18-14(22)7-8-15(23)19(18)20(13)25/h5-8,10,12,17,22-23H,1,9H2,2-4H3/t12?,17-/m1/s1. The average molecular weight is 370 g/mol. The van der Waals surface area contributed by atoms with Crippen molar-refractivity contribution >= 4 is 17.5 Å². The molecule has 2 atom stereocenters. The molecule has 1 aliphatic rings. The van der Waals surface area contributed by atoms with Crippen LogP contribution < -0.4 is 0 Å². The van der Waals surface area contributed by atoms with E-state index in [1.165, 1.54) is 6.08 Å². The van der Waals surface area contributed by atoms with Crippen LogP contribution in [0.15, 0.2) is 48.1 Å². The predicted molar refractivity (Wildman–Crippen MR) is 99.8 cm³/mol. The number of ketones is 2. The molecule has 0 aromatic heterocycles. The first-order valence-corrected chi connectivity index (χ1v) is 8.49. The molecule has 0 fully saturated rings.